The van der Waals surface area contributed by atoms with Crippen LogP contribution in [0.4, 0.5) is 5.69 Å². The number of carbonyl (C=O) groups is 1. The summed E-state index contributed by atoms with van der Waals surface area (Å²) < 4.78 is 25.8. The molecule has 1 atom stereocenters. The summed E-state index contributed by atoms with van der Waals surface area (Å²) in [6, 6.07) is 6.49. The van der Waals surface area contributed by atoms with Crippen molar-refractivity contribution in [2.45, 2.75) is 45.6 Å². The zero-order valence-electron chi connectivity index (χ0n) is 14.2. The molecule has 1 aromatic rings. The Morgan fingerprint density at radius 1 is 1.09 bits per heavy atom. The normalized spacial score (nSPS) is 17.4. The number of aryl methyl sites for hydroxylation is 1. The van der Waals surface area contributed by atoms with E-state index in [1.165, 1.54) is 4.31 Å². The fraction of sp³-hybridized carbons (Fsp3) is 0.588. The first-order valence-electron chi connectivity index (χ1n) is 8.15. The number of likely N-dealkylation sites (tertiary alicyclic amines) is 1. The monoisotopic (exact) mass is 338 g/mol. The molecule has 5 nitrogen and oxygen atoms in total. The lowest BCUT2D eigenvalue weighted by Crippen LogP contribution is -2.49. The van der Waals surface area contributed by atoms with Crippen LogP contribution in [0.15, 0.2) is 24.3 Å². The fourth-order valence-electron chi connectivity index (χ4n) is 3.05. The van der Waals surface area contributed by atoms with Gasteiger partial charge < -0.3 is 4.90 Å². The molecule has 0 N–H and O–H groups in total. The molecule has 1 amide bonds. The molecule has 2 rings (SSSR count). The zero-order valence-corrected chi connectivity index (χ0v) is 15.0. The van der Waals surface area contributed by atoms with Gasteiger partial charge in [0.1, 0.15) is 6.04 Å². The van der Waals surface area contributed by atoms with Gasteiger partial charge in [-0.2, -0.15) is 0 Å². The summed E-state index contributed by atoms with van der Waals surface area (Å²) in [6.07, 6.45) is 5.39. The van der Waals surface area contributed by atoms with Gasteiger partial charge in [0.2, 0.25) is 15.9 Å². The number of nitrogens with zero attached hydrogens (tertiary/aromatic N) is 2. The molecule has 0 spiro atoms. The van der Waals surface area contributed by atoms with E-state index >= 15 is 0 Å². The standard InChI is InChI=1S/C17H26N2O3S/c1-14-8-10-16(11-9-14)19(23(3,21)22)15(2)17(20)18-12-6-4-5-7-13-18/h8-11,15H,4-7,12-13H2,1-3H3/t15-/m0/s1. The van der Waals surface area contributed by atoms with Gasteiger partial charge in [0.05, 0.1) is 11.9 Å². The molecule has 1 heterocycles. The number of hydrogen-bond acceptors (Lipinski definition) is 3. The molecule has 0 aromatic heterocycles. The smallest absolute Gasteiger partial charge is 0.246 e. The van der Waals surface area contributed by atoms with E-state index in [9.17, 15) is 13.2 Å². The molecule has 1 aromatic carbocycles. The lowest BCUT2D eigenvalue weighted by atomic mass is 10.2. The average molecular weight is 338 g/mol. The minimum atomic E-state index is -3.54. The first kappa shape index (κ1) is 17.8. The van der Waals surface area contributed by atoms with Crippen molar-refractivity contribution >= 4 is 21.6 Å². The van der Waals surface area contributed by atoms with Crippen LogP contribution in [0, 0.1) is 6.92 Å². The second kappa shape index (κ2) is 7.34. The molecular weight excluding hydrogens is 312 g/mol. The maximum Gasteiger partial charge on any atom is 0.246 e. The zero-order chi connectivity index (χ0) is 17.0. The highest BCUT2D eigenvalue weighted by molar-refractivity contribution is 7.92. The minimum Gasteiger partial charge on any atom is -0.341 e. The Morgan fingerprint density at radius 2 is 1.61 bits per heavy atom. The third-order valence-corrected chi connectivity index (χ3v) is 5.51. The summed E-state index contributed by atoms with van der Waals surface area (Å²) in [5.41, 5.74) is 1.59. The van der Waals surface area contributed by atoms with Gasteiger partial charge in [0, 0.05) is 13.1 Å². The van der Waals surface area contributed by atoms with Crippen molar-refractivity contribution in [2.24, 2.45) is 0 Å². The number of anilines is 1. The van der Waals surface area contributed by atoms with Gasteiger partial charge >= 0.3 is 0 Å². The average Bonchev–Trinajstić information content (AvgIpc) is 2.76. The van der Waals surface area contributed by atoms with Crippen molar-refractivity contribution in [3.63, 3.8) is 0 Å². The van der Waals surface area contributed by atoms with Crippen LogP contribution >= 0.6 is 0 Å². The van der Waals surface area contributed by atoms with Crippen molar-refractivity contribution in [3.05, 3.63) is 29.8 Å². The molecule has 0 aliphatic carbocycles. The maximum absolute atomic E-state index is 12.8. The third kappa shape index (κ3) is 4.47. The molecule has 0 saturated carbocycles. The van der Waals surface area contributed by atoms with Gasteiger partial charge in [-0.05, 0) is 38.8 Å². The predicted molar refractivity (Wildman–Crippen MR) is 93.0 cm³/mol. The highest BCUT2D eigenvalue weighted by atomic mass is 32.2. The molecule has 6 heteroatoms. The molecule has 1 saturated heterocycles. The summed E-state index contributed by atoms with van der Waals surface area (Å²) in [6.45, 7) is 5.05. The summed E-state index contributed by atoms with van der Waals surface area (Å²) >= 11 is 0. The van der Waals surface area contributed by atoms with Gasteiger partial charge in [-0.3, -0.25) is 9.10 Å². The van der Waals surface area contributed by atoms with Crippen LogP contribution in [-0.2, 0) is 14.8 Å². The minimum absolute atomic E-state index is 0.113. The Labute approximate surface area is 139 Å². The number of carbonyl (C=O) groups excluding carboxylic acids is 1. The predicted octanol–water partition coefficient (Wildman–Crippen LogP) is 2.55. The molecule has 0 radical (unpaired) electrons. The fourth-order valence-corrected chi connectivity index (χ4v) is 4.22. The highest BCUT2D eigenvalue weighted by Gasteiger charge is 2.32. The third-order valence-electron chi connectivity index (χ3n) is 4.27. The van der Waals surface area contributed by atoms with Gasteiger partial charge in [0.25, 0.3) is 0 Å². The Morgan fingerprint density at radius 3 is 2.09 bits per heavy atom. The van der Waals surface area contributed by atoms with Crippen LogP contribution in [-0.4, -0.2) is 44.6 Å². The molecular formula is C17H26N2O3S. The number of rotatable bonds is 4. The molecule has 23 heavy (non-hydrogen) atoms. The van der Waals surface area contributed by atoms with E-state index in [1.54, 1.807) is 19.1 Å². The van der Waals surface area contributed by atoms with E-state index < -0.39 is 16.1 Å². The van der Waals surface area contributed by atoms with Crippen LogP contribution < -0.4 is 4.31 Å². The highest BCUT2D eigenvalue weighted by Crippen LogP contribution is 2.23. The lowest BCUT2D eigenvalue weighted by Gasteiger charge is -2.32. The Balaban J connectivity index is 2.27. The summed E-state index contributed by atoms with van der Waals surface area (Å²) in [7, 11) is -3.54. The number of benzene rings is 1. The Kier molecular flexibility index (Phi) is 5.68. The van der Waals surface area contributed by atoms with Gasteiger partial charge in [-0.1, -0.05) is 30.5 Å². The van der Waals surface area contributed by atoms with E-state index in [0.717, 1.165) is 37.5 Å². The quantitative estimate of drug-likeness (QED) is 0.848. The first-order valence-corrected chi connectivity index (χ1v) is 10.0. The molecule has 0 bridgehead atoms. The SMILES string of the molecule is Cc1ccc(N([C@@H](C)C(=O)N2CCCCCC2)S(C)(=O)=O)cc1. The van der Waals surface area contributed by atoms with Crippen molar-refractivity contribution in [1.82, 2.24) is 4.90 Å². The van der Waals surface area contributed by atoms with Gasteiger partial charge in [-0.15, -0.1) is 0 Å². The van der Waals surface area contributed by atoms with Gasteiger partial charge in [0.15, 0.2) is 0 Å². The van der Waals surface area contributed by atoms with E-state index in [-0.39, 0.29) is 5.91 Å². The number of amides is 1. The van der Waals surface area contributed by atoms with E-state index in [0.29, 0.717) is 18.8 Å². The van der Waals surface area contributed by atoms with Crippen LogP contribution in [0.25, 0.3) is 0 Å². The van der Waals surface area contributed by atoms with Crippen LogP contribution in [0.1, 0.15) is 38.2 Å². The summed E-state index contributed by atoms with van der Waals surface area (Å²) in [5, 5.41) is 0. The van der Waals surface area contributed by atoms with Crippen LogP contribution in [0.5, 0.6) is 0 Å². The second-order valence-corrected chi connectivity index (χ2v) is 8.17. The first-order chi connectivity index (χ1) is 10.8. The summed E-state index contributed by atoms with van der Waals surface area (Å²) in [5.74, 6) is -0.113. The van der Waals surface area contributed by atoms with Crippen molar-refractivity contribution in [2.75, 3.05) is 23.7 Å². The maximum atomic E-state index is 12.8. The Bertz CT molecular complexity index is 632. The van der Waals surface area contributed by atoms with Crippen LogP contribution in [0.3, 0.4) is 0 Å². The van der Waals surface area contributed by atoms with E-state index in [4.69, 9.17) is 0 Å². The molecule has 1 aliphatic rings. The topological polar surface area (TPSA) is 57.7 Å². The largest absolute Gasteiger partial charge is 0.341 e. The van der Waals surface area contributed by atoms with Crippen LogP contribution in [0.2, 0.25) is 0 Å². The summed E-state index contributed by atoms with van der Waals surface area (Å²) in [4.78, 5) is 14.6. The second-order valence-electron chi connectivity index (χ2n) is 6.31. The Hall–Kier alpha value is -1.56. The lowest BCUT2D eigenvalue weighted by molar-refractivity contribution is -0.131. The molecule has 0 unspecified atom stereocenters. The number of hydrogen-bond donors (Lipinski definition) is 0. The molecule has 128 valence electrons. The van der Waals surface area contributed by atoms with E-state index in [2.05, 4.69) is 0 Å². The van der Waals surface area contributed by atoms with Crippen molar-refractivity contribution in [1.29, 1.82) is 0 Å². The number of sulfonamides is 1. The van der Waals surface area contributed by atoms with Crippen molar-refractivity contribution in [3.8, 4) is 0 Å². The molecule has 1 fully saturated rings. The van der Waals surface area contributed by atoms with E-state index in [1.807, 2.05) is 24.0 Å². The van der Waals surface area contributed by atoms with Crippen molar-refractivity contribution < 1.29 is 13.2 Å². The molecule has 1 aliphatic heterocycles. The van der Waals surface area contributed by atoms with Gasteiger partial charge in [-0.25, -0.2) is 8.42 Å².